The second-order valence-electron chi connectivity index (χ2n) is 7.03. The molecule has 1 aliphatic heterocycles. The number of aliphatic imine (C=N–C) groups is 1. The minimum atomic E-state index is -0.588. The van der Waals surface area contributed by atoms with Gasteiger partial charge in [-0.2, -0.15) is 0 Å². The maximum atomic E-state index is 13.2. The molecule has 5 nitrogen and oxygen atoms in total. The molecule has 0 saturated carbocycles. The highest BCUT2D eigenvalue weighted by Crippen LogP contribution is 2.31. The van der Waals surface area contributed by atoms with Gasteiger partial charge in [0, 0.05) is 18.3 Å². The number of carbonyl (C=O) groups excluding carboxylic acids is 2. The van der Waals surface area contributed by atoms with E-state index < -0.39 is 5.92 Å². The van der Waals surface area contributed by atoms with Crippen LogP contribution in [0.4, 0.5) is 5.69 Å². The maximum absolute atomic E-state index is 13.2. The van der Waals surface area contributed by atoms with E-state index in [0.717, 1.165) is 17.7 Å². The normalized spacial score (nSPS) is 16.0. The topological polar surface area (TPSA) is 59.0 Å². The first-order chi connectivity index (χ1) is 14.7. The summed E-state index contributed by atoms with van der Waals surface area (Å²) in [5.74, 6) is -0.352. The molecule has 3 aromatic rings. The van der Waals surface area contributed by atoms with E-state index >= 15 is 0 Å². The fourth-order valence-corrected chi connectivity index (χ4v) is 3.59. The van der Waals surface area contributed by atoms with Gasteiger partial charge in [-0.05, 0) is 47.9 Å². The highest BCUT2D eigenvalue weighted by molar-refractivity contribution is 6.29. The first-order valence-corrected chi connectivity index (χ1v) is 9.84. The number of imide groups is 1. The van der Waals surface area contributed by atoms with Crippen LogP contribution in [0.15, 0.2) is 83.9 Å². The predicted octanol–water partition coefficient (Wildman–Crippen LogP) is 4.28. The molecule has 3 aromatic carbocycles. The highest BCUT2D eigenvalue weighted by atomic mass is 16.5. The van der Waals surface area contributed by atoms with Gasteiger partial charge in [0.25, 0.3) is 5.91 Å². The SMILES string of the molecule is COc1ccc(CCN=CC2C(=O)N(c3ccccc3)C(=O)c3ccccc32)cc1. The van der Waals surface area contributed by atoms with Crippen LogP contribution in [0.25, 0.3) is 0 Å². The third-order valence-electron chi connectivity index (χ3n) is 5.17. The molecule has 0 aromatic heterocycles. The van der Waals surface area contributed by atoms with Crippen LogP contribution in [-0.4, -0.2) is 31.7 Å². The van der Waals surface area contributed by atoms with Gasteiger partial charge in [0.2, 0.25) is 5.91 Å². The Morgan fingerprint density at radius 1 is 0.933 bits per heavy atom. The third kappa shape index (κ3) is 3.87. The summed E-state index contributed by atoms with van der Waals surface area (Å²) in [4.78, 5) is 32.0. The number of amides is 2. The summed E-state index contributed by atoms with van der Waals surface area (Å²) in [5.41, 5.74) is 2.95. The van der Waals surface area contributed by atoms with Gasteiger partial charge < -0.3 is 4.74 Å². The average Bonchev–Trinajstić information content (AvgIpc) is 2.80. The van der Waals surface area contributed by atoms with Gasteiger partial charge in [0.1, 0.15) is 5.75 Å². The number of rotatable bonds is 6. The van der Waals surface area contributed by atoms with Crippen LogP contribution in [0.3, 0.4) is 0 Å². The van der Waals surface area contributed by atoms with Crippen molar-refractivity contribution in [3.8, 4) is 5.75 Å². The monoisotopic (exact) mass is 398 g/mol. The van der Waals surface area contributed by atoms with E-state index in [1.54, 1.807) is 31.5 Å². The standard InChI is InChI=1S/C25H22N2O3/c1-30-20-13-11-18(12-14-20)15-16-26-17-23-21-9-5-6-10-22(21)24(28)27(25(23)29)19-7-3-2-4-8-19/h2-14,17,23H,15-16H2,1H3. The highest BCUT2D eigenvalue weighted by Gasteiger charge is 2.38. The van der Waals surface area contributed by atoms with E-state index in [4.69, 9.17) is 4.74 Å². The van der Waals surface area contributed by atoms with E-state index in [2.05, 4.69) is 4.99 Å². The maximum Gasteiger partial charge on any atom is 0.265 e. The van der Waals surface area contributed by atoms with Gasteiger partial charge in [-0.1, -0.05) is 48.5 Å². The lowest BCUT2D eigenvalue weighted by molar-refractivity contribution is -0.118. The number of anilines is 1. The summed E-state index contributed by atoms with van der Waals surface area (Å²) < 4.78 is 5.18. The number of fused-ring (bicyclic) bond motifs is 1. The first-order valence-electron chi connectivity index (χ1n) is 9.84. The number of hydrogen-bond acceptors (Lipinski definition) is 4. The zero-order chi connectivity index (χ0) is 20.9. The molecule has 30 heavy (non-hydrogen) atoms. The van der Waals surface area contributed by atoms with E-state index in [1.165, 1.54) is 4.90 Å². The van der Waals surface area contributed by atoms with Crippen molar-refractivity contribution in [2.45, 2.75) is 12.3 Å². The second-order valence-corrected chi connectivity index (χ2v) is 7.03. The molecule has 0 radical (unpaired) electrons. The smallest absolute Gasteiger partial charge is 0.265 e. The van der Waals surface area contributed by atoms with E-state index in [9.17, 15) is 9.59 Å². The molecule has 1 aliphatic rings. The van der Waals surface area contributed by atoms with Crippen LogP contribution >= 0.6 is 0 Å². The average molecular weight is 398 g/mol. The Morgan fingerprint density at radius 2 is 1.63 bits per heavy atom. The summed E-state index contributed by atoms with van der Waals surface area (Å²) >= 11 is 0. The number of ether oxygens (including phenoxy) is 1. The number of carbonyl (C=O) groups is 2. The number of nitrogens with zero attached hydrogens (tertiary/aromatic N) is 2. The fourth-order valence-electron chi connectivity index (χ4n) is 3.59. The van der Waals surface area contributed by atoms with Crippen molar-refractivity contribution in [3.05, 3.63) is 95.6 Å². The number of methoxy groups -OCH3 is 1. The van der Waals surface area contributed by atoms with Crippen LogP contribution in [0.5, 0.6) is 5.75 Å². The fraction of sp³-hybridized carbons (Fsp3) is 0.160. The van der Waals surface area contributed by atoms with Crippen molar-refractivity contribution < 1.29 is 14.3 Å². The first kappa shape index (κ1) is 19.6. The van der Waals surface area contributed by atoms with Crippen LogP contribution in [-0.2, 0) is 11.2 Å². The van der Waals surface area contributed by atoms with Crippen LogP contribution in [0.1, 0.15) is 27.4 Å². The molecule has 4 rings (SSSR count). The molecule has 150 valence electrons. The van der Waals surface area contributed by atoms with E-state index in [0.29, 0.717) is 23.4 Å². The minimum Gasteiger partial charge on any atom is -0.497 e. The molecular weight excluding hydrogens is 376 g/mol. The molecular formula is C25H22N2O3. The Bertz CT molecular complexity index is 1080. The lowest BCUT2D eigenvalue weighted by Crippen LogP contribution is -2.45. The summed E-state index contributed by atoms with van der Waals surface area (Å²) in [7, 11) is 1.64. The van der Waals surface area contributed by atoms with Crippen molar-refractivity contribution in [2.24, 2.45) is 4.99 Å². The zero-order valence-corrected chi connectivity index (χ0v) is 16.7. The Morgan fingerprint density at radius 3 is 2.37 bits per heavy atom. The Balaban J connectivity index is 1.56. The van der Waals surface area contributed by atoms with Gasteiger partial charge in [0.05, 0.1) is 18.7 Å². The molecule has 0 N–H and O–H groups in total. The molecule has 1 unspecified atom stereocenters. The predicted molar refractivity (Wildman–Crippen MR) is 117 cm³/mol. The van der Waals surface area contributed by atoms with Gasteiger partial charge >= 0.3 is 0 Å². The van der Waals surface area contributed by atoms with Crippen LogP contribution in [0, 0.1) is 0 Å². The van der Waals surface area contributed by atoms with Crippen molar-refractivity contribution in [2.75, 3.05) is 18.6 Å². The van der Waals surface area contributed by atoms with Crippen molar-refractivity contribution in [1.29, 1.82) is 0 Å². The molecule has 0 spiro atoms. The summed E-state index contributed by atoms with van der Waals surface area (Å²) in [6.07, 6.45) is 2.43. The Kier molecular flexibility index (Phi) is 5.70. The molecule has 5 heteroatoms. The molecule has 1 heterocycles. The number of hydrogen-bond donors (Lipinski definition) is 0. The molecule has 1 atom stereocenters. The van der Waals surface area contributed by atoms with Gasteiger partial charge in [-0.25, -0.2) is 4.90 Å². The molecule has 0 fully saturated rings. The lowest BCUT2D eigenvalue weighted by atomic mass is 9.89. The van der Waals surface area contributed by atoms with Crippen molar-refractivity contribution in [1.82, 2.24) is 0 Å². The number of para-hydroxylation sites is 1. The van der Waals surface area contributed by atoms with Gasteiger partial charge in [0.15, 0.2) is 0 Å². The van der Waals surface area contributed by atoms with E-state index in [1.807, 2.05) is 60.7 Å². The molecule has 0 aliphatic carbocycles. The second kappa shape index (κ2) is 8.74. The summed E-state index contributed by atoms with van der Waals surface area (Å²) in [6.45, 7) is 0.553. The van der Waals surface area contributed by atoms with Gasteiger partial charge in [-0.3, -0.25) is 14.6 Å². The van der Waals surface area contributed by atoms with Crippen molar-refractivity contribution in [3.63, 3.8) is 0 Å². The quantitative estimate of drug-likeness (QED) is 0.460. The third-order valence-corrected chi connectivity index (χ3v) is 5.17. The Labute approximate surface area is 175 Å². The molecule has 2 amide bonds. The van der Waals surface area contributed by atoms with Crippen molar-refractivity contribution >= 4 is 23.7 Å². The summed E-state index contributed by atoms with van der Waals surface area (Å²) in [6, 6.07) is 24.1. The lowest BCUT2D eigenvalue weighted by Gasteiger charge is -2.30. The summed E-state index contributed by atoms with van der Waals surface area (Å²) in [5, 5.41) is 0. The van der Waals surface area contributed by atoms with Crippen LogP contribution in [0.2, 0.25) is 0 Å². The zero-order valence-electron chi connectivity index (χ0n) is 16.7. The Hall–Kier alpha value is -3.73. The van der Waals surface area contributed by atoms with Crippen LogP contribution < -0.4 is 9.64 Å². The molecule has 0 bridgehead atoms. The molecule has 0 saturated heterocycles. The minimum absolute atomic E-state index is 0.280. The van der Waals surface area contributed by atoms with E-state index in [-0.39, 0.29) is 11.8 Å². The number of benzene rings is 3. The van der Waals surface area contributed by atoms with Gasteiger partial charge in [-0.15, -0.1) is 0 Å². The largest absolute Gasteiger partial charge is 0.497 e.